The molecule has 2 aromatic carbocycles. The number of benzene rings is 2. The number of allylic oxidation sites excluding steroid dienone is 1. The van der Waals surface area contributed by atoms with Gasteiger partial charge in [0.05, 0.1) is 0 Å². The minimum Gasteiger partial charge on any atom is -0.453 e. The molecule has 1 unspecified atom stereocenters. The van der Waals surface area contributed by atoms with Gasteiger partial charge in [0.1, 0.15) is 6.10 Å². The normalized spacial score (nSPS) is 17.4. The smallest absolute Gasteiger partial charge is 0.303 e. The molecule has 1 atom stereocenters. The van der Waals surface area contributed by atoms with Gasteiger partial charge < -0.3 is 4.74 Å². The zero-order valence-corrected chi connectivity index (χ0v) is 10.4. The molecule has 0 amide bonds. The Balaban J connectivity index is 2.24. The number of rotatable bonds is 1. The summed E-state index contributed by atoms with van der Waals surface area (Å²) in [4.78, 5) is 11.2. The second-order valence-electron chi connectivity index (χ2n) is 4.63. The second kappa shape index (κ2) is 3.98. The van der Waals surface area contributed by atoms with Crippen LogP contribution in [0.25, 0.3) is 16.3 Å². The highest BCUT2D eigenvalue weighted by Crippen LogP contribution is 2.40. The van der Waals surface area contributed by atoms with Gasteiger partial charge in [0.25, 0.3) is 0 Å². The van der Waals surface area contributed by atoms with E-state index in [2.05, 4.69) is 31.2 Å². The van der Waals surface area contributed by atoms with Crippen LogP contribution in [0.2, 0.25) is 0 Å². The summed E-state index contributed by atoms with van der Waals surface area (Å²) in [5.74, 6) is -0.246. The van der Waals surface area contributed by atoms with E-state index in [1.807, 2.05) is 18.2 Å². The highest BCUT2D eigenvalue weighted by Gasteiger charge is 2.25. The van der Waals surface area contributed by atoms with Gasteiger partial charge in [0, 0.05) is 12.5 Å². The maximum atomic E-state index is 11.2. The number of hydrogen-bond donors (Lipinski definition) is 0. The number of hydrogen-bond acceptors (Lipinski definition) is 2. The molecule has 0 bridgehead atoms. The number of esters is 1. The lowest BCUT2D eigenvalue weighted by Gasteiger charge is -2.14. The first-order chi connectivity index (χ1) is 8.66. The van der Waals surface area contributed by atoms with E-state index in [9.17, 15) is 4.79 Å². The fraction of sp³-hybridized carbons (Fsp3) is 0.188. The maximum Gasteiger partial charge on any atom is 0.303 e. The van der Waals surface area contributed by atoms with E-state index >= 15 is 0 Å². The van der Waals surface area contributed by atoms with Crippen molar-refractivity contribution >= 4 is 22.3 Å². The van der Waals surface area contributed by atoms with Gasteiger partial charge in [-0.3, -0.25) is 4.79 Å². The van der Waals surface area contributed by atoms with Gasteiger partial charge in [-0.2, -0.15) is 0 Å². The number of fused-ring (bicyclic) bond motifs is 3. The first-order valence-electron chi connectivity index (χ1n) is 6.04. The lowest BCUT2D eigenvalue weighted by molar-refractivity contribution is -0.144. The Hall–Kier alpha value is -2.09. The molecule has 0 fully saturated rings. The summed E-state index contributed by atoms with van der Waals surface area (Å²) in [6.07, 6.45) is 1.77. The van der Waals surface area contributed by atoms with Crippen LogP contribution in [0.3, 0.4) is 0 Å². The topological polar surface area (TPSA) is 26.3 Å². The zero-order valence-electron chi connectivity index (χ0n) is 10.4. The van der Waals surface area contributed by atoms with Crippen LogP contribution >= 0.6 is 0 Å². The van der Waals surface area contributed by atoms with Crippen molar-refractivity contribution in [2.75, 3.05) is 0 Å². The molecule has 2 heteroatoms. The minimum absolute atomic E-state index is 0.246. The van der Waals surface area contributed by atoms with Crippen LogP contribution in [0.1, 0.15) is 31.1 Å². The van der Waals surface area contributed by atoms with Crippen LogP contribution in [0.5, 0.6) is 0 Å². The van der Waals surface area contributed by atoms with E-state index in [4.69, 9.17) is 4.74 Å². The van der Waals surface area contributed by atoms with Crippen molar-refractivity contribution in [2.45, 2.75) is 20.0 Å². The maximum absolute atomic E-state index is 11.2. The Morgan fingerprint density at radius 2 is 1.94 bits per heavy atom. The van der Waals surface area contributed by atoms with Crippen molar-refractivity contribution < 1.29 is 9.53 Å². The van der Waals surface area contributed by atoms with Crippen molar-refractivity contribution in [3.05, 3.63) is 53.6 Å². The molecule has 0 aromatic heterocycles. The molecular weight excluding hydrogens is 224 g/mol. The first kappa shape index (κ1) is 11.0. The van der Waals surface area contributed by atoms with Crippen LogP contribution in [0.4, 0.5) is 0 Å². The molecule has 0 aliphatic heterocycles. The number of ether oxygens (including phenoxy) is 1. The van der Waals surface area contributed by atoms with E-state index < -0.39 is 0 Å². The predicted octanol–water partition coefficient (Wildman–Crippen LogP) is 3.86. The van der Waals surface area contributed by atoms with Gasteiger partial charge in [-0.05, 0) is 34.9 Å². The zero-order chi connectivity index (χ0) is 12.7. The molecule has 0 spiro atoms. The predicted molar refractivity (Wildman–Crippen MR) is 72.1 cm³/mol. The summed E-state index contributed by atoms with van der Waals surface area (Å²) >= 11 is 0. The number of carbonyl (C=O) groups is 1. The monoisotopic (exact) mass is 238 g/mol. The van der Waals surface area contributed by atoms with E-state index in [1.54, 1.807) is 0 Å². The summed E-state index contributed by atoms with van der Waals surface area (Å²) in [7, 11) is 0. The third kappa shape index (κ3) is 1.61. The summed E-state index contributed by atoms with van der Waals surface area (Å²) in [6, 6.07) is 12.4. The molecule has 0 saturated heterocycles. The quantitative estimate of drug-likeness (QED) is 0.705. The molecule has 0 heterocycles. The summed E-state index contributed by atoms with van der Waals surface area (Å²) < 4.78 is 5.40. The molecule has 2 nitrogen and oxygen atoms in total. The summed E-state index contributed by atoms with van der Waals surface area (Å²) in [6.45, 7) is 3.50. The molecule has 0 radical (unpaired) electrons. The fourth-order valence-electron chi connectivity index (χ4n) is 2.62. The standard InChI is InChI=1S/C16H14O2/c1-10-9-15(18-11(2)17)16-13(10)8-7-12-5-3-4-6-14(12)16/h3-9,15H,1-2H3. The Bertz CT molecular complexity index is 668. The van der Waals surface area contributed by atoms with E-state index in [1.165, 1.54) is 23.4 Å². The fourth-order valence-corrected chi connectivity index (χ4v) is 2.62. The van der Waals surface area contributed by atoms with Gasteiger partial charge in [0.2, 0.25) is 0 Å². The number of carbonyl (C=O) groups excluding carboxylic acids is 1. The summed E-state index contributed by atoms with van der Waals surface area (Å²) in [5, 5.41) is 2.34. The minimum atomic E-state index is -0.247. The second-order valence-corrected chi connectivity index (χ2v) is 4.63. The van der Waals surface area contributed by atoms with Crippen LogP contribution < -0.4 is 0 Å². The van der Waals surface area contributed by atoms with Gasteiger partial charge in [-0.25, -0.2) is 0 Å². The van der Waals surface area contributed by atoms with Gasteiger partial charge >= 0.3 is 5.97 Å². The highest BCUT2D eigenvalue weighted by atomic mass is 16.5. The van der Waals surface area contributed by atoms with E-state index in [0.717, 1.165) is 10.9 Å². The molecule has 1 aliphatic carbocycles. The molecule has 0 saturated carbocycles. The molecule has 18 heavy (non-hydrogen) atoms. The van der Waals surface area contributed by atoms with Gasteiger partial charge in [0.15, 0.2) is 0 Å². The average molecular weight is 238 g/mol. The molecule has 2 aromatic rings. The molecule has 0 N–H and O–H groups in total. The average Bonchev–Trinajstić information content (AvgIpc) is 2.66. The third-order valence-electron chi connectivity index (χ3n) is 3.37. The lowest BCUT2D eigenvalue weighted by Crippen LogP contribution is -2.05. The third-order valence-corrected chi connectivity index (χ3v) is 3.37. The summed E-state index contributed by atoms with van der Waals surface area (Å²) in [5.41, 5.74) is 3.46. The van der Waals surface area contributed by atoms with Crippen molar-refractivity contribution in [2.24, 2.45) is 0 Å². The Labute approximate surface area is 106 Å². The van der Waals surface area contributed by atoms with Crippen LogP contribution in [0, 0.1) is 0 Å². The van der Waals surface area contributed by atoms with E-state index in [-0.39, 0.29) is 12.1 Å². The van der Waals surface area contributed by atoms with Crippen LogP contribution in [0.15, 0.2) is 42.5 Å². The molecule has 1 aliphatic rings. The molecule has 3 rings (SSSR count). The van der Waals surface area contributed by atoms with Crippen molar-refractivity contribution in [3.63, 3.8) is 0 Å². The Kier molecular flexibility index (Phi) is 2.44. The van der Waals surface area contributed by atoms with Gasteiger partial charge in [-0.15, -0.1) is 0 Å². The van der Waals surface area contributed by atoms with Crippen molar-refractivity contribution in [3.8, 4) is 0 Å². The SMILES string of the molecule is CC(=O)OC1C=C(C)c2ccc3ccccc3c21. The Morgan fingerprint density at radius 3 is 2.72 bits per heavy atom. The first-order valence-corrected chi connectivity index (χ1v) is 6.04. The molecule has 90 valence electrons. The lowest BCUT2D eigenvalue weighted by atomic mass is 9.98. The van der Waals surface area contributed by atoms with Crippen LogP contribution in [-0.4, -0.2) is 5.97 Å². The molecular formula is C16H14O2. The van der Waals surface area contributed by atoms with Gasteiger partial charge in [-0.1, -0.05) is 36.4 Å². The van der Waals surface area contributed by atoms with Crippen molar-refractivity contribution in [1.82, 2.24) is 0 Å². The van der Waals surface area contributed by atoms with Crippen LogP contribution in [-0.2, 0) is 9.53 Å². The van der Waals surface area contributed by atoms with Crippen molar-refractivity contribution in [1.29, 1.82) is 0 Å². The Morgan fingerprint density at radius 1 is 1.17 bits per heavy atom. The largest absolute Gasteiger partial charge is 0.453 e. The highest BCUT2D eigenvalue weighted by molar-refractivity contribution is 5.93. The van der Waals surface area contributed by atoms with E-state index in [0.29, 0.717) is 0 Å².